The number of aliphatic carboxylic acids is 1. The van der Waals surface area contributed by atoms with Gasteiger partial charge in [-0.25, -0.2) is 4.79 Å². The predicted octanol–water partition coefficient (Wildman–Crippen LogP) is 2.63. The maximum atomic E-state index is 12.2. The Hall–Kier alpha value is -3.63. The van der Waals surface area contributed by atoms with E-state index in [1.54, 1.807) is 6.08 Å². The van der Waals surface area contributed by atoms with Gasteiger partial charge in [-0.2, -0.15) is 5.26 Å². The molecule has 0 bridgehead atoms. The molecule has 0 N–H and O–H groups in total. The molecule has 0 aromatic heterocycles. The first-order valence-corrected chi connectivity index (χ1v) is 10.7. The van der Waals surface area contributed by atoms with Crippen LogP contribution in [0.15, 0.2) is 60.2 Å². The smallest absolute Gasteiger partial charge is 0.349 e. The molecule has 7 nitrogen and oxygen atoms in total. The SMILES string of the molecule is CC(=O)[O-].CCN(Cc1ccccc1)c1ccc(/C=C(\C#N)C(=O)OCC[N+](C)(C)C)cc1. The van der Waals surface area contributed by atoms with E-state index in [9.17, 15) is 10.1 Å². The normalized spacial score (nSPS) is 11.0. The highest BCUT2D eigenvalue weighted by Gasteiger charge is 2.14. The van der Waals surface area contributed by atoms with Crippen LogP contribution in [-0.4, -0.2) is 57.3 Å². The number of carboxylic acids is 1. The molecular formula is C26H33N3O4. The maximum Gasteiger partial charge on any atom is 0.349 e. The number of likely N-dealkylation sites (N-methyl/N-ethyl adjacent to an activating group) is 1. The fourth-order valence-corrected chi connectivity index (χ4v) is 2.76. The highest BCUT2D eigenvalue weighted by molar-refractivity contribution is 5.97. The van der Waals surface area contributed by atoms with Gasteiger partial charge in [-0.1, -0.05) is 42.5 Å². The van der Waals surface area contributed by atoms with Crippen LogP contribution < -0.4 is 10.0 Å². The molecule has 0 fully saturated rings. The van der Waals surface area contributed by atoms with Crippen molar-refractivity contribution in [1.82, 2.24) is 0 Å². The van der Waals surface area contributed by atoms with Crippen LogP contribution in [0.2, 0.25) is 0 Å². The number of nitrogens with zero attached hydrogens (tertiary/aromatic N) is 3. The van der Waals surface area contributed by atoms with Gasteiger partial charge in [0, 0.05) is 24.7 Å². The van der Waals surface area contributed by atoms with E-state index in [0.29, 0.717) is 11.0 Å². The minimum atomic E-state index is -1.08. The van der Waals surface area contributed by atoms with Crippen LogP contribution >= 0.6 is 0 Å². The second kappa shape index (κ2) is 13.7. The van der Waals surface area contributed by atoms with Crippen molar-refractivity contribution in [3.05, 3.63) is 71.3 Å². The molecule has 0 saturated heterocycles. The van der Waals surface area contributed by atoms with Gasteiger partial charge in [-0.3, -0.25) is 0 Å². The third-order valence-corrected chi connectivity index (χ3v) is 4.50. The fourth-order valence-electron chi connectivity index (χ4n) is 2.76. The Bertz CT molecular complexity index is 952. The first-order valence-electron chi connectivity index (χ1n) is 10.7. The van der Waals surface area contributed by atoms with Gasteiger partial charge in [-0.15, -0.1) is 0 Å². The summed E-state index contributed by atoms with van der Waals surface area (Å²) in [7, 11) is 6.06. The molecule has 0 radical (unpaired) electrons. The topological polar surface area (TPSA) is 93.5 Å². The fraction of sp³-hybridized carbons (Fsp3) is 0.346. The molecule has 33 heavy (non-hydrogen) atoms. The molecular weight excluding hydrogens is 418 g/mol. The number of ether oxygens (including phenoxy) is 1. The van der Waals surface area contributed by atoms with E-state index < -0.39 is 11.9 Å². The Morgan fingerprint density at radius 1 is 1.09 bits per heavy atom. The number of benzene rings is 2. The molecule has 0 spiro atoms. The van der Waals surface area contributed by atoms with E-state index in [1.165, 1.54) is 5.56 Å². The lowest BCUT2D eigenvalue weighted by Crippen LogP contribution is -2.38. The van der Waals surface area contributed by atoms with E-state index in [0.717, 1.165) is 31.3 Å². The molecule has 7 heteroatoms. The minimum absolute atomic E-state index is 0.00999. The Morgan fingerprint density at radius 2 is 1.67 bits per heavy atom. The highest BCUT2D eigenvalue weighted by atomic mass is 16.5. The van der Waals surface area contributed by atoms with Crippen molar-refractivity contribution in [3.8, 4) is 6.07 Å². The van der Waals surface area contributed by atoms with E-state index >= 15 is 0 Å². The Labute approximate surface area is 196 Å². The van der Waals surface area contributed by atoms with Crippen LogP contribution in [0, 0.1) is 11.3 Å². The van der Waals surface area contributed by atoms with Crippen LogP contribution in [0.1, 0.15) is 25.0 Å². The molecule has 0 aliphatic heterocycles. The van der Waals surface area contributed by atoms with Crippen molar-refractivity contribution in [1.29, 1.82) is 5.26 Å². The summed E-state index contributed by atoms with van der Waals surface area (Å²) in [5.74, 6) is -1.66. The number of carboxylic acid groups (broad SMARTS) is 1. The van der Waals surface area contributed by atoms with E-state index in [-0.39, 0.29) is 12.2 Å². The number of hydrogen-bond acceptors (Lipinski definition) is 6. The first-order chi connectivity index (χ1) is 15.6. The van der Waals surface area contributed by atoms with Crippen molar-refractivity contribution >= 4 is 23.7 Å². The number of rotatable bonds is 9. The Morgan fingerprint density at radius 3 is 2.15 bits per heavy atom. The molecule has 2 aromatic rings. The average molecular weight is 452 g/mol. The summed E-state index contributed by atoms with van der Waals surface area (Å²) in [6, 6.07) is 20.1. The quantitative estimate of drug-likeness (QED) is 0.252. The van der Waals surface area contributed by atoms with Crippen LogP contribution in [0.25, 0.3) is 6.08 Å². The van der Waals surface area contributed by atoms with Gasteiger partial charge >= 0.3 is 5.97 Å². The summed E-state index contributed by atoms with van der Waals surface area (Å²) in [5, 5.41) is 18.2. The van der Waals surface area contributed by atoms with Gasteiger partial charge in [-0.05, 0) is 43.2 Å². The number of nitriles is 1. The first kappa shape index (κ1) is 27.4. The molecule has 2 rings (SSSR count). The number of carbonyl (C=O) groups is 2. The molecule has 0 amide bonds. The summed E-state index contributed by atoms with van der Waals surface area (Å²) in [4.78, 5) is 23.3. The largest absolute Gasteiger partial charge is 0.550 e. The molecule has 0 unspecified atom stereocenters. The second-order valence-corrected chi connectivity index (χ2v) is 8.40. The molecule has 0 aliphatic carbocycles. The number of anilines is 1. The van der Waals surface area contributed by atoms with E-state index in [1.807, 2.05) is 69.7 Å². The summed E-state index contributed by atoms with van der Waals surface area (Å²) in [6.07, 6.45) is 1.57. The van der Waals surface area contributed by atoms with Crippen molar-refractivity contribution in [2.45, 2.75) is 20.4 Å². The zero-order valence-corrected chi connectivity index (χ0v) is 20.1. The molecule has 0 atom stereocenters. The summed E-state index contributed by atoms with van der Waals surface area (Å²) in [5.41, 5.74) is 3.15. The van der Waals surface area contributed by atoms with Gasteiger partial charge < -0.3 is 24.0 Å². The summed E-state index contributed by atoms with van der Waals surface area (Å²) in [6.45, 7) is 5.77. The summed E-state index contributed by atoms with van der Waals surface area (Å²) >= 11 is 0. The lowest BCUT2D eigenvalue weighted by Gasteiger charge is -2.23. The van der Waals surface area contributed by atoms with Crippen LogP contribution in [0.4, 0.5) is 5.69 Å². The number of esters is 1. The zero-order valence-electron chi connectivity index (χ0n) is 20.1. The minimum Gasteiger partial charge on any atom is -0.550 e. The number of carbonyl (C=O) groups excluding carboxylic acids is 2. The standard InChI is InChI=1S/C24H30N3O2.C2H4O2/c1-5-26(19-21-9-7-6-8-10-21)23-13-11-20(12-14-23)17-22(18-25)24(28)29-16-15-27(2,3)4;1-2(3)4/h6-14,17H,5,15-16,19H2,1-4H3;1H3,(H,3,4)/q+1;/p-1/b22-17+;. The highest BCUT2D eigenvalue weighted by Crippen LogP contribution is 2.19. The lowest BCUT2D eigenvalue weighted by atomic mass is 10.1. The number of hydrogen-bond donors (Lipinski definition) is 0. The summed E-state index contributed by atoms with van der Waals surface area (Å²) < 4.78 is 5.93. The van der Waals surface area contributed by atoms with Crippen LogP contribution in [0.5, 0.6) is 0 Å². The van der Waals surface area contributed by atoms with E-state index in [4.69, 9.17) is 14.6 Å². The third kappa shape index (κ3) is 11.5. The van der Waals surface area contributed by atoms with Crippen molar-refractivity contribution in [3.63, 3.8) is 0 Å². The van der Waals surface area contributed by atoms with Crippen LogP contribution in [-0.2, 0) is 20.9 Å². The van der Waals surface area contributed by atoms with Crippen LogP contribution in [0.3, 0.4) is 0 Å². The van der Waals surface area contributed by atoms with Crippen molar-refractivity contribution in [2.75, 3.05) is 45.7 Å². The van der Waals surface area contributed by atoms with Crippen molar-refractivity contribution < 1.29 is 23.9 Å². The molecule has 0 saturated carbocycles. The number of quaternary nitrogens is 1. The predicted molar refractivity (Wildman–Crippen MR) is 128 cm³/mol. The van der Waals surface area contributed by atoms with Gasteiger partial charge in [0.15, 0.2) is 0 Å². The van der Waals surface area contributed by atoms with Crippen molar-refractivity contribution in [2.24, 2.45) is 0 Å². The molecule has 2 aromatic carbocycles. The van der Waals surface area contributed by atoms with Gasteiger partial charge in [0.1, 0.15) is 24.8 Å². The monoisotopic (exact) mass is 451 g/mol. The Balaban J connectivity index is 0.00000125. The molecule has 176 valence electrons. The average Bonchev–Trinajstić information content (AvgIpc) is 2.75. The van der Waals surface area contributed by atoms with Gasteiger partial charge in [0.2, 0.25) is 0 Å². The molecule has 0 aliphatic rings. The molecule has 0 heterocycles. The third-order valence-electron chi connectivity index (χ3n) is 4.50. The second-order valence-electron chi connectivity index (χ2n) is 8.40. The van der Waals surface area contributed by atoms with Gasteiger partial charge in [0.25, 0.3) is 0 Å². The zero-order chi connectivity index (χ0) is 24.9. The maximum absolute atomic E-state index is 12.2. The van der Waals surface area contributed by atoms with Gasteiger partial charge in [0.05, 0.1) is 21.1 Å². The van der Waals surface area contributed by atoms with E-state index in [2.05, 4.69) is 24.0 Å². The lowest BCUT2D eigenvalue weighted by molar-refractivity contribution is -0.870. The Kier molecular flexibility index (Phi) is 11.4.